The lowest BCUT2D eigenvalue weighted by molar-refractivity contribution is -0.130. The highest BCUT2D eigenvalue weighted by Gasteiger charge is 2.28. The number of amides is 1. The van der Waals surface area contributed by atoms with Crippen molar-refractivity contribution in [3.05, 3.63) is 72.1 Å². The van der Waals surface area contributed by atoms with Crippen molar-refractivity contribution in [2.75, 3.05) is 18.5 Å². The van der Waals surface area contributed by atoms with Gasteiger partial charge < -0.3 is 15.3 Å². The molecule has 142 valence electrons. The van der Waals surface area contributed by atoms with Gasteiger partial charge >= 0.3 is 12.1 Å². The Labute approximate surface area is 161 Å². The van der Waals surface area contributed by atoms with Crippen LogP contribution in [-0.2, 0) is 11.2 Å². The minimum atomic E-state index is -1.09. The third-order valence-electron chi connectivity index (χ3n) is 4.77. The van der Waals surface area contributed by atoms with E-state index in [1.807, 2.05) is 42.5 Å². The second-order valence-electron chi connectivity index (χ2n) is 6.46. The number of nitrogens with zero attached hydrogens (tertiary/aromatic N) is 2. The van der Waals surface area contributed by atoms with Crippen LogP contribution in [0.4, 0.5) is 10.5 Å². The summed E-state index contributed by atoms with van der Waals surface area (Å²) in [6, 6.07) is 16.5. The number of rotatable bonds is 3. The van der Waals surface area contributed by atoms with Crippen LogP contribution in [-0.4, -0.2) is 35.5 Å². The molecule has 7 nitrogen and oxygen atoms in total. The molecule has 1 aliphatic rings. The highest BCUT2D eigenvalue weighted by molar-refractivity contribution is 6.17. The van der Waals surface area contributed by atoms with Gasteiger partial charge in [0.25, 0.3) is 0 Å². The van der Waals surface area contributed by atoms with Crippen molar-refractivity contribution < 1.29 is 19.5 Å². The molecule has 0 atom stereocenters. The molecule has 7 heteroatoms. The molecule has 2 N–H and O–H groups in total. The summed E-state index contributed by atoms with van der Waals surface area (Å²) >= 11 is 0. The zero-order valence-corrected chi connectivity index (χ0v) is 15.3. The molecular formula is C21H19N3O4. The smallest absolute Gasteiger partial charge is 0.438 e. The standard InChI is InChI=1S/C21H19N3O4/c1-23(14-7-3-2-4-8-14)21(27)28-24-18-10-6-5-9-15(18)16-11-12-22-13-17(19(16)24)20(25)26/h2-10,13,22H,11-12H2,1H3,(H,25,26). The average molecular weight is 377 g/mol. The fourth-order valence-corrected chi connectivity index (χ4v) is 3.40. The predicted octanol–water partition coefficient (Wildman–Crippen LogP) is 2.90. The van der Waals surface area contributed by atoms with Crippen LogP contribution in [0.15, 0.2) is 60.8 Å². The molecule has 4 rings (SSSR count). The largest absolute Gasteiger partial charge is 0.478 e. The lowest BCUT2D eigenvalue weighted by atomic mass is 10.0. The number of benzene rings is 2. The van der Waals surface area contributed by atoms with Gasteiger partial charge in [-0.25, -0.2) is 9.59 Å². The van der Waals surface area contributed by atoms with Crippen molar-refractivity contribution in [3.8, 4) is 0 Å². The quantitative estimate of drug-likeness (QED) is 0.733. The van der Waals surface area contributed by atoms with Gasteiger partial charge in [0.1, 0.15) is 11.3 Å². The molecule has 0 saturated carbocycles. The maximum atomic E-state index is 12.8. The summed E-state index contributed by atoms with van der Waals surface area (Å²) < 4.78 is 1.33. The normalized spacial score (nSPS) is 13.1. The molecule has 28 heavy (non-hydrogen) atoms. The average Bonchev–Trinajstić information content (AvgIpc) is 2.87. The summed E-state index contributed by atoms with van der Waals surface area (Å²) in [5.41, 5.74) is 2.60. The van der Waals surface area contributed by atoms with E-state index in [-0.39, 0.29) is 5.57 Å². The molecule has 0 aliphatic carbocycles. The number of nitrogens with one attached hydrogen (secondary N) is 1. The molecule has 2 heterocycles. The molecule has 1 aliphatic heterocycles. The van der Waals surface area contributed by atoms with E-state index in [4.69, 9.17) is 4.84 Å². The fourth-order valence-electron chi connectivity index (χ4n) is 3.40. The first-order valence-corrected chi connectivity index (χ1v) is 8.88. The Hall–Kier alpha value is -3.74. The second-order valence-corrected chi connectivity index (χ2v) is 6.46. The van der Waals surface area contributed by atoms with Crippen molar-refractivity contribution in [2.45, 2.75) is 6.42 Å². The van der Waals surface area contributed by atoms with Crippen LogP contribution in [0.25, 0.3) is 16.5 Å². The van der Waals surface area contributed by atoms with Crippen LogP contribution in [0.2, 0.25) is 0 Å². The number of para-hydroxylation sites is 2. The van der Waals surface area contributed by atoms with Gasteiger partial charge in [-0.3, -0.25) is 4.90 Å². The van der Waals surface area contributed by atoms with Crippen LogP contribution < -0.4 is 15.1 Å². The Morgan fingerprint density at radius 1 is 1.11 bits per heavy atom. The predicted molar refractivity (Wildman–Crippen MR) is 106 cm³/mol. The summed E-state index contributed by atoms with van der Waals surface area (Å²) in [7, 11) is 1.61. The third kappa shape index (κ3) is 2.96. The molecule has 1 amide bonds. The summed E-state index contributed by atoms with van der Waals surface area (Å²) in [6.07, 6.45) is 1.46. The molecule has 0 unspecified atom stereocenters. The SMILES string of the molecule is CN(C(=O)On1c2c(c3ccccc31)CCNC=C2C(=O)O)c1ccccc1. The van der Waals surface area contributed by atoms with E-state index in [1.54, 1.807) is 19.2 Å². The van der Waals surface area contributed by atoms with Gasteiger partial charge in [-0.2, -0.15) is 4.73 Å². The first kappa shape index (κ1) is 17.7. The maximum Gasteiger partial charge on any atom is 0.438 e. The number of carbonyl (C=O) groups excluding carboxylic acids is 1. The van der Waals surface area contributed by atoms with Crippen molar-refractivity contribution in [1.29, 1.82) is 0 Å². The number of carbonyl (C=O) groups is 2. The van der Waals surface area contributed by atoms with E-state index in [0.717, 1.165) is 10.9 Å². The number of fused-ring (bicyclic) bond motifs is 3. The Morgan fingerprint density at radius 2 is 1.82 bits per heavy atom. The molecule has 0 saturated heterocycles. The highest BCUT2D eigenvalue weighted by atomic mass is 16.7. The van der Waals surface area contributed by atoms with E-state index < -0.39 is 12.1 Å². The van der Waals surface area contributed by atoms with Crippen LogP contribution in [0.5, 0.6) is 0 Å². The Morgan fingerprint density at radius 3 is 2.57 bits per heavy atom. The number of hydrogen-bond acceptors (Lipinski definition) is 4. The molecule has 0 radical (unpaired) electrons. The monoisotopic (exact) mass is 377 g/mol. The summed E-state index contributed by atoms with van der Waals surface area (Å²) in [4.78, 5) is 31.7. The number of hydrogen-bond donors (Lipinski definition) is 2. The summed E-state index contributed by atoms with van der Waals surface area (Å²) in [5.74, 6) is -1.09. The van der Waals surface area contributed by atoms with E-state index in [0.29, 0.717) is 29.9 Å². The first-order valence-electron chi connectivity index (χ1n) is 8.88. The number of anilines is 1. The summed E-state index contributed by atoms with van der Waals surface area (Å²) in [5, 5.41) is 13.6. The molecule has 3 aromatic rings. The summed E-state index contributed by atoms with van der Waals surface area (Å²) in [6.45, 7) is 0.593. The minimum Gasteiger partial charge on any atom is -0.478 e. The van der Waals surface area contributed by atoms with E-state index in [2.05, 4.69) is 5.32 Å². The molecule has 0 fully saturated rings. The zero-order chi connectivity index (χ0) is 19.7. The second kappa shape index (κ2) is 7.11. The first-order chi connectivity index (χ1) is 13.6. The van der Waals surface area contributed by atoms with E-state index in [9.17, 15) is 14.7 Å². The topological polar surface area (TPSA) is 83.8 Å². The van der Waals surface area contributed by atoms with Crippen LogP contribution >= 0.6 is 0 Å². The minimum absolute atomic E-state index is 0.0545. The fraction of sp³-hybridized carbons (Fsp3) is 0.143. The Kier molecular flexibility index (Phi) is 4.49. The van der Waals surface area contributed by atoms with Crippen molar-refractivity contribution in [1.82, 2.24) is 10.0 Å². The third-order valence-corrected chi connectivity index (χ3v) is 4.77. The highest BCUT2D eigenvalue weighted by Crippen LogP contribution is 2.32. The lowest BCUT2D eigenvalue weighted by Gasteiger charge is -2.18. The Balaban J connectivity index is 1.83. The van der Waals surface area contributed by atoms with Gasteiger partial charge in [-0.1, -0.05) is 36.4 Å². The van der Waals surface area contributed by atoms with Gasteiger partial charge in [-0.05, 0) is 30.2 Å². The number of aromatic nitrogens is 1. The Bertz CT molecular complexity index is 1090. The van der Waals surface area contributed by atoms with Crippen molar-refractivity contribution >= 4 is 34.2 Å². The number of carboxylic acids is 1. The van der Waals surface area contributed by atoms with E-state index in [1.165, 1.54) is 15.8 Å². The van der Waals surface area contributed by atoms with Gasteiger partial charge in [0, 0.05) is 30.9 Å². The van der Waals surface area contributed by atoms with Crippen LogP contribution in [0.3, 0.4) is 0 Å². The lowest BCUT2D eigenvalue weighted by Crippen LogP contribution is -2.34. The molecule has 0 spiro atoms. The van der Waals surface area contributed by atoms with Gasteiger partial charge in [-0.15, -0.1) is 0 Å². The van der Waals surface area contributed by atoms with Crippen molar-refractivity contribution in [2.24, 2.45) is 0 Å². The molecule has 2 aromatic carbocycles. The molecular weight excluding hydrogens is 358 g/mol. The van der Waals surface area contributed by atoms with Crippen LogP contribution in [0.1, 0.15) is 11.3 Å². The maximum absolute atomic E-state index is 12.8. The van der Waals surface area contributed by atoms with E-state index >= 15 is 0 Å². The number of carboxylic acid groups (broad SMARTS) is 1. The van der Waals surface area contributed by atoms with Gasteiger partial charge in [0.05, 0.1) is 5.52 Å². The zero-order valence-electron chi connectivity index (χ0n) is 15.3. The van der Waals surface area contributed by atoms with Gasteiger partial charge in [0.2, 0.25) is 0 Å². The van der Waals surface area contributed by atoms with Gasteiger partial charge in [0.15, 0.2) is 0 Å². The molecule has 0 bridgehead atoms. The number of aliphatic carboxylic acids is 1. The van der Waals surface area contributed by atoms with Crippen LogP contribution in [0, 0.1) is 0 Å². The molecule has 1 aromatic heterocycles. The van der Waals surface area contributed by atoms with Crippen molar-refractivity contribution in [3.63, 3.8) is 0 Å².